The highest BCUT2D eigenvalue weighted by molar-refractivity contribution is 5.89. The molecule has 1 aromatic rings. The second-order valence-electron chi connectivity index (χ2n) is 7.14. The van der Waals surface area contributed by atoms with Crippen molar-refractivity contribution in [3.63, 3.8) is 0 Å². The zero-order valence-corrected chi connectivity index (χ0v) is 12.9. The number of aliphatic hydroxyl groups is 1. The van der Waals surface area contributed by atoms with Gasteiger partial charge < -0.3 is 5.11 Å². The van der Waals surface area contributed by atoms with Crippen LogP contribution in [-0.4, -0.2) is 16.5 Å². The quantitative estimate of drug-likeness (QED) is 0.910. The van der Waals surface area contributed by atoms with Crippen LogP contribution in [0.4, 0.5) is 0 Å². The van der Waals surface area contributed by atoms with Crippen molar-refractivity contribution < 1.29 is 9.90 Å². The van der Waals surface area contributed by atoms with Crippen LogP contribution in [0.1, 0.15) is 64.0 Å². The lowest BCUT2D eigenvalue weighted by molar-refractivity contribution is -0.139. The van der Waals surface area contributed by atoms with Gasteiger partial charge in [0.1, 0.15) is 5.60 Å². The fourth-order valence-electron chi connectivity index (χ4n) is 2.89. The molecule has 2 rings (SSSR count). The highest BCUT2D eigenvalue weighted by atomic mass is 16.3. The van der Waals surface area contributed by atoms with Gasteiger partial charge in [-0.2, -0.15) is 0 Å². The largest absolute Gasteiger partial charge is 0.382 e. The predicted molar refractivity (Wildman–Crippen MR) is 81.9 cm³/mol. The van der Waals surface area contributed by atoms with Gasteiger partial charge in [0.15, 0.2) is 5.78 Å². The molecular weight excluding hydrogens is 248 g/mol. The summed E-state index contributed by atoms with van der Waals surface area (Å²) in [5.74, 6) is -0.0132. The van der Waals surface area contributed by atoms with Crippen molar-refractivity contribution in [1.82, 2.24) is 0 Å². The molecule has 20 heavy (non-hydrogen) atoms. The van der Waals surface area contributed by atoms with Crippen molar-refractivity contribution in [3.05, 3.63) is 35.4 Å². The van der Waals surface area contributed by atoms with Gasteiger partial charge >= 0.3 is 0 Å². The normalized spacial score (nSPS) is 18.8. The molecule has 0 aliphatic heterocycles. The summed E-state index contributed by atoms with van der Waals surface area (Å²) in [5.41, 5.74) is 1.33. The standard InChI is InChI=1S/C18H26O2/c1-17(2,3)15-9-7-14(8-10-15)13-16(19)18(20)11-5-4-6-12-18/h7-10,20H,4-6,11-13H2,1-3H3. The Kier molecular flexibility index (Phi) is 4.33. The molecule has 0 heterocycles. The molecule has 0 spiro atoms. The summed E-state index contributed by atoms with van der Waals surface area (Å²) in [5, 5.41) is 10.4. The van der Waals surface area contributed by atoms with Gasteiger partial charge in [0.25, 0.3) is 0 Å². The highest BCUT2D eigenvalue weighted by Gasteiger charge is 2.36. The lowest BCUT2D eigenvalue weighted by atomic mass is 9.79. The molecule has 1 fully saturated rings. The van der Waals surface area contributed by atoms with Crippen molar-refractivity contribution in [3.8, 4) is 0 Å². The van der Waals surface area contributed by atoms with Crippen molar-refractivity contribution in [2.75, 3.05) is 0 Å². The summed E-state index contributed by atoms with van der Waals surface area (Å²) < 4.78 is 0. The molecule has 0 saturated heterocycles. The molecule has 0 radical (unpaired) electrons. The van der Waals surface area contributed by atoms with Gasteiger partial charge in [-0.3, -0.25) is 4.79 Å². The number of benzene rings is 1. The first-order valence-electron chi connectivity index (χ1n) is 7.66. The van der Waals surface area contributed by atoms with Crippen LogP contribution in [0.2, 0.25) is 0 Å². The Balaban J connectivity index is 2.04. The maximum atomic E-state index is 12.3. The number of Topliss-reactive ketones (excluding diaryl/α,β-unsaturated/α-hetero) is 1. The fourth-order valence-corrected chi connectivity index (χ4v) is 2.89. The summed E-state index contributed by atoms with van der Waals surface area (Å²) >= 11 is 0. The minimum Gasteiger partial charge on any atom is -0.382 e. The van der Waals surface area contributed by atoms with Gasteiger partial charge in [-0.1, -0.05) is 64.3 Å². The SMILES string of the molecule is CC(C)(C)c1ccc(CC(=O)C2(O)CCCCC2)cc1. The second-order valence-corrected chi connectivity index (χ2v) is 7.14. The number of ketones is 1. The fraction of sp³-hybridized carbons (Fsp3) is 0.611. The van der Waals surface area contributed by atoms with E-state index in [0.717, 1.165) is 24.8 Å². The zero-order valence-electron chi connectivity index (χ0n) is 12.9. The molecule has 1 aliphatic rings. The van der Waals surface area contributed by atoms with Crippen molar-refractivity contribution in [2.45, 2.75) is 70.3 Å². The van der Waals surface area contributed by atoms with Crippen LogP contribution >= 0.6 is 0 Å². The Hall–Kier alpha value is -1.15. The number of hydrogen-bond acceptors (Lipinski definition) is 2. The number of rotatable bonds is 3. The first kappa shape index (κ1) is 15.2. The third-order valence-electron chi connectivity index (χ3n) is 4.38. The lowest BCUT2D eigenvalue weighted by Gasteiger charge is -2.30. The van der Waals surface area contributed by atoms with Crippen molar-refractivity contribution in [1.29, 1.82) is 0 Å². The molecule has 1 N–H and O–H groups in total. The average molecular weight is 274 g/mol. The highest BCUT2D eigenvalue weighted by Crippen LogP contribution is 2.30. The third-order valence-corrected chi connectivity index (χ3v) is 4.38. The van der Waals surface area contributed by atoms with Gasteiger partial charge in [0.2, 0.25) is 0 Å². The van der Waals surface area contributed by atoms with Crippen molar-refractivity contribution >= 4 is 5.78 Å². The van der Waals surface area contributed by atoms with E-state index in [0.29, 0.717) is 19.3 Å². The van der Waals surface area contributed by atoms with Gasteiger partial charge in [0, 0.05) is 6.42 Å². The Morgan fingerprint density at radius 1 is 1.10 bits per heavy atom. The molecule has 110 valence electrons. The first-order chi connectivity index (χ1) is 9.31. The molecule has 0 aromatic heterocycles. The van der Waals surface area contributed by atoms with Gasteiger partial charge in [-0.05, 0) is 29.4 Å². The second kappa shape index (κ2) is 5.69. The smallest absolute Gasteiger partial charge is 0.168 e. The molecule has 0 unspecified atom stereocenters. The summed E-state index contributed by atoms with van der Waals surface area (Å²) in [6, 6.07) is 8.22. The van der Waals surface area contributed by atoms with E-state index < -0.39 is 5.60 Å². The van der Waals surface area contributed by atoms with E-state index >= 15 is 0 Å². The van der Waals surface area contributed by atoms with Crippen LogP contribution in [0.3, 0.4) is 0 Å². The van der Waals surface area contributed by atoms with E-state index in [-0.39, 0.29) is 11.2 Å². The van der Waals surface area contributed by atoms with Crippen LogP contribution < -0.4 is 0 Å². The molecule has 0 amide bonds. The lowest BCUT2D eigenvalue weighted by Crippen LogP contribution is -2.41. The van der Waals surface area contributed by atoms with E-state index in [1.165, 1.54) is 5.56 Å². The van der Waals surface area contributed by atoms with E-state index in [1.807, 2.05) is 12.1 Å². The Morgan fingerprint density at radius 3 is 2.15 bits per heavy atom. The maximum Gasteiger partial charge on any atom is 0.168 e. The van der Waals surface area contributed by atoms with Crippen LogP contribution in [0.25, 0.3) is 0 Å². The Bertz CT molecular complexity index is 459. The number of carbonyl (C=O) groups is 1. The van der Waals surface area contributed by atoms with Crippen LogP contribution in [0.5, 0.6) is 0 Å². The molecule has 2 heteroatoms. The van der Waals surface area contributed by atoms with Gasteiger partial charge in [0.05, 0.1) is 0 Å². The van der Waals surface area contributed by atoms with Crippen molar-refractivity contribution in [2.24, 2.45) is 0 Å². The predicted octanol–water partition coefficient (Wildman–Crippen LogP) is 3.79. The summed E-state index contributed by atoms with van der Waals surface area (Å²) in [6.45, 7) is 6.54. The number of carbonyl (C=O) groups excluding carboxylic acids is 1. The summed E-state index contributed by atoms with van der Waals surface area (Å²) in [6.07, 6.45) is 4.67. The molecular formula is C18H26O2. The van der Waals surface area contributed by atoms with E-state index in [9.17, 15) is 9.90 Å². The molecule has 0 bridgehead atoms. The van der Waals surface area contributed by atoms with E-state index in [1.54, 1.807) is 0 Å². The molecule has 1 saturated carbocycles. The maximum absolute atomic E-state index is 12.3. The topological polar surface area (TPSA) is 37.3 Å². The van der Waals surface area contributed by atoms with E-state index in [2.05, 4.69) is 32.9 Å². The Morgan fingerprint density at radius 2 is 1.65 bits per heavy atom. The molecule has 0 atom stereocenters. The van der Waals surface area contributed by atoms with Gasteiger partial charge in [-0.25, -0.2) is 0 Å². The molecule has 1 aliphatic carbocycles. The van der Waals surface area contributed by atoms with Gasteiger partial charge in [-0.15, -0.1) is 0 Å². The zero-order chi connectivity index (χ0) is 14.8. The third kappa shape index (κ3) is 3.49. The van der Waals surface area contributed by atoms with Crippen LogP contribution in [0.15, 0.2) is 24.3 Å². The molecule has 2 nitrogen and oxygen atoms in total. The minimum atomic E-state index is -1.07. The molecule has 1 aromatic carbocycles. The van der Waals surface area contributed by atoms with Crippen LogP contribution in [-0.2, 0) is 16.6 Å². The Labute approximate surface area is 122 Å². The summed E-state index contributed by atoms with van der Waals surface area (Å²) in [7, 11) is 0. The summed E-state index contributed by atoms with van der Waals surface area (Å²) in [4.78, 5) is 12.3. The minimum absolute atomic E-state index is 0.0132. The van der Waals surface area contributed by atoms with Crippen LogP contribution in [0, 0.1) is 0 Å². The monoisotopic (exact) mass is 274 g/mol. The average Bonchev–Trinajstić information content (AvgIpc) is 2.39. The van der Waals surface area contributed by atoms with E-state index in [4.69, 9.17) is 0 Å². The first-order valence-corrected chi connectivity index (χ1v) is 7.66. The number of hydrogen-bond donors (Lipinski definition) is 1.